The number of anilines is 5. The van der Waals surface area contributed by atoms with Crippen molar-refractivity contribution < 1.29 is 9.53 Å². The zero-order valence-electron chi connectivity index (χ0n) is 19.0. The number of methoxy groups -OCH3 is 1. The fourth-order valence-electron chi connectivity index (χ4n) is 3.67. The normalized spacial score (nSPS) is 10.4. The highest BCUT2D eigenvalue weighted by atomic mass is 16.5. The summed E-state index contributed by atoms with van der Waals surface area (Å²) in [5.41, 5.74) is 6.86. The number of aryl methyl sites for hydroxylation is 2. The molecule has 0 saturated heterocycles. The lowest BCUT2D eigenvalue weighted by Crippen LogP contribution is -2.15. The topological polar surface area (TPSA) is 62.4 Å². The summed E-state index contributed by atoms with van der Waals surface area (Å²) in [7, 11) is 1.63. The Hall–Kier alpha value is -4.25. The molecule has 0 heterocycles. The van der Waals surface area contributed by atoms with Crippen molar-refractivity contribution in [1.29, 1.82) is 0 Å². The molecule has 0 radical (unpaired) electrons. The van der Waals surface area contributed by atoms with E-state index in [-0.39, 0.29) is 5.91 Å². The van der Waals surface area contributed by atoms with Gasteiger partial charge in [0.2, 0.25) is 0 Å². The first-order chi connectivity index (χ1) is 16.0. The number of carbonyl (C=O) groups excluding carboxylic acids is 1. The van der Waals surface area contributed by atoms with Crippen molar-refractivity contribution in [3.05, 3.63) is 108 Å². The molecule has 4 rings (SSSR count). The fourth-order valence-corrected chi connectivity index (χ4v) is 3.67. The molecule has 5 heteroatoms. The van der Waals surface area contributed by atoms with Crippen LogP contribution < -0.4 is 20.7 Å². The summed E-state index contributed by atoms with van der Waals surface area (Å²) < 4.78 is 5.44. The predicted molar refractivity (Wildman–Crippen MR) is 136 cm³/mol. The molecule has 1 amide bonds. The molecular formula is C28H27N3O2. The van der Waals surface area contributed by atoms with Crippen molar-refractivity contribution in [3.8, 4) is 5.75 Å². The Morgan fingerprint density at radius 3 is 2.00 bits per heavy atom. The smallest absolute Gasteiger partial charge is 0.257 e. The highest BCUT2D eigenvalue weighted by Gasteiger charge is 2.14. The number of rotatable bonds is 7. The lowest BCUT2D eigenvalue weighted by atomic mass is 10.1. The summed E-state index contributed by atoms with van der Waals surface area (Å²) in [4.78, 5) is 13.3. The molecule has 0 aromatic heterocycles. The maximum absolute atomic E-state index is 13.3. The third-order valence-corrected chi connectivity index (χ3v) is 5.37. The van der Waals surface area contributed by atoms with E-state index in [9.17, 15) is 4.79 Å². The number of hydrogen-bond donors (Lipinski definition) is 3. The van der Waals surface area contributed by atoms with Crippen LogP contribution in [0.15, 0.2) is 91.0 Å². The van der Waals surface area contributed by atoms with Crippen LogP contribution in [0.5, 0.6) is 5.75 Å². The standard InChI is InChI=1S/C28H27N3O2/c1-19-16-17-22(20(2)18-19)29-23-11-5-4-10-21(23)28(32)31-25-13-7-6-12-24(25)30-26-14-8-9-15-27(26)33-3/h4-18,29-30H,1-3H3,(H,31,32). The minimum absolute atomic E-state index is 0.197. The van der Waals surface area contributed by atoms with E-state index in [1.165, 1.54) is 5.56 Å². The number of ether oxygens (including phenoxy) is 1. The van der Waals surface area contributed by atoms with Crippen LogP contribution in [0.25, 0.3) is 0 Å². The Labute approximate surface area is 194 Å². The van der Waals surface area contributed by atoms with E-state index >= 15 is 0 Å². The molecule has 0 saturated carbocycles. The molecule has 0 spiro atoms. The van der Waals surface area contributed by atoms with E-state index in [0.717, 1.165) is 34.1 Å². The van der Waals surface area contributed by atoms with Crippen LogP contribution >= 0.6 is 0 Å². The second kappa shape index (κ2) is 9.92. The van der Waals surface area contributed by atoms with E-state index in [4.69, 9.17) is 4.74 Å². The molecule has 0 bridgehead atoms. The van der Waals surface area contributed by atoms with Gasteiger partial charge in [0.05, 0.1) is 35.4 Å². The van der Waals surface area contributed by atoms with E-state index in [1.807, 2.05) is 78.9 Å². The first kappa shape index (κ1) is 22.0. The molecule has 0 aliphatic rings. The third kappa shape index (κ3) is 5.15. The summed E-state index contributed by atoms with van der Waals surface area (Å²) in [6, 6.07) is 29.0. The van der Waals surface area contributed by atoms with Gasteiger partial charge in [-0.25, -0.2) is 0 Å². The molecule has 0 aliphatic heterocycles. The highest BCUT2D eigenvalue weighted by molar-refractivity contribution is 6.09. The van der Waals surface area contributed by atoms with E-state index < -0.39 is 0 Å². The van der Waals surface area contributed by atoms with Crippen LogP contribution in [0.1, 0.15) is 21.5 Å². The molecule has 4 aromatic carbocycles. The number of benzene rings is 4. The molecule has 0 unspecified atom stereocenters. The minimum Gasteiger partial charge on any atom is -0.495 e. The number of amides is 1. The lowest BCUT2D eigenvalue weighted by molar-refractivity contribution is 0.102. The van der Waals surface area contributed by atoms with Crippen LogP contribution in [0.4, 0.5) is 28.4 Å². The van der Waals surface area contributed by atoms with Crippen molar-refractivity contribution in [3.63, 3.8) is 0 Å². The predicted octanol–water partition coefficient (Wildman–Crippen LogP) is 7.05. The molecule has 0 atom stereocenters. The first-order valence-corrected chi connectivity index (χ1v) is 10.8. The Bertz CT molecular complexity index is 1280. The number of nitrogens with one attached hydrogen (secondary N) is 3. The summed E-state index contributed by atoms with van der Waals surface area (Å²) in [6.07, 6.45) is 0. The second-order valence-electron chi connectivity index (χ2n) is 7.81. The molecule has 33 heavy (non-hydrogen) atoms. The lowest BCUT2D eigenvalue weighted by Gasteiger charge is -2.17. The van der Waals surface area contributed by atoms with Gasteiger partial charge < -0.3 is 20.7 Å². The van der Waals surface area contributed by atoms with Gasteiger partial charge in [0.1, 0.15) is 5.75 Å². The van der Waals surface area contributed by atoms with Crippen molar-refractivity contribution in [2.75, 3.05) is 23.1 Å². The quantitative estimate of drug-likeness (QED) is 0.290. The third-order valence-electron chi connectivity index (χ3n) is 5.37. The summed E-state index contributed by atoms with van der Waals surface area (Å²) in [5, 5.41) is 9.82. The molecule has 3 N–H and O–H groups in total. The zero-order valence-corrected chi connectivity index (χ0v) is 19.0. The van der Waals surface area contributed by atoms with E-state index in [2.05, 4.69) is 41.9 Å². The SMILES string of the molecule is COc1ccccc1Nc1ccccc1NC(=O)c1ccccc1Nc1ccc(C)cc1C. The van der Waals surface area contributed by atoms with Crippen molar-refractivity contribution in [2.24, 2.45) is 0 Å². The maximum atomic E-state index is 13.3. The largest absolute Gasteiger partial charge is 0.495 e. The summed E-state index contributed by atoms with van der Waals surface area (Å²) >= 11 is 0. The maximum Gasteiger partial charge on any atom is 0.257 e. The second-order valence-corrected chi connectivity index (χ2v) is 7.81. The van der Waals surface area contributed by atoms with Gasteiger partial charge in [0, 0.05) is 5.69 Å². The molecular weight excluding hydrogens is 410 g/mol. The molecule has 4 aromatic rings. The zero-order chi connectivity index (χ0) is 23.2. The number of hydrogen-bond acceptors (Lipinski definition) is 4. The minimum atomic E-state index is -0.197. The molecule has 5 nitrogen and oxygen atoms in total. The van der Waals surface area contributed by atoms with Crippen LogP contribution in [-0.2, 0) is 0 Å². The monoisotopic (exact) mass is 437 g/mol. The van der Waals surface area contributed by atoms with Crippen LogP contribution in [-0.4, -0.2) is 13.0 Å². The Balaban J connectivity index is 1.59. The first-order valence-electron chi connectivity index (χ1n) is 10.8. The van der Waals surface area contributed by atoms with Crippen molar-refractivity contribution in [1.82, 2.24) is 0 Å². The summed E-state index contributed by atoms with van der Waals surface area (Å²) in [6.45, 7) is 4.12. The average Bonchev–Trinajstić information content (AvgIpc) is 2.83. The average molecular weight is 438 g/mol. The van der Waals surface area contributed by atoms with Crippen molar-refractivity contribution in [2.45, 2.75) is 13.8 Å². The van der Waals surface area contributed by atoms with Crippen LogP contribution in [0.3, 0.4) is 0 Å². The number of carbonyl (C=O) groups is 1. The van der Waals surface area contributed by atoms with Gasteiger partial charge >= 0.3 is 0 Å². The van der Waals surface area contributed by atoms with Gasteiger partial charge in [-0.2, -0.15) is 0 Å². The Morgan fingerprint density at radius 2 is 1.27 bits per heavy atom. The Morgan fingerprint density at radius 1 is 0.667 bits per heavy atom. The van der Waals surface area contributed by atoms with E-state index in [0.29, 0.717) is 11.3 Å². The molecule has 166 valence electrons. The van der Waals surface area contributed by atoms with Gasteiger partial charge in [0.25, 0.3) is 5.91 Å². The van der Waals surface area contributed by atoms with Gasteiger partial charge in [-0.05, 0) is 61.9 Å². The van der Waals surface area contributed by atoms with Gasteiger partial charge in [0.15, 0.2) is 0 Å². The fraction of sp³-hybridized carbons (Fsp3) is 0.107. The van der Waals surface area contributed by atoms with Gasteiger partial charge in [-0.15, -0.1) is 0 Å². The van der Waals surface area contributed by atoms with Crippen LogP contribution in [0.2, 0.25) is 0 Å². The van der Waals surface area contributed by atoms with Gasteiger partial charge in [-0.1, -0.05) is 54.1 Å². The Kier molecular flexibility index (Phi) is 6.60. The molecule has 0 aliphatic carbocycles. The van der Waals surface area contributed by atoms with Gasteiger partial charge in [-0.3, -0.25) is 4.79 Å². The van der Waals surface area contributed by atoms with E-state index in [1.54, 1.807) is 7.11 Å². The molecule has 0 fully saturated rings. The summed E-state index contributed by atoms with van der Waals surface area (Å²) in [5.74, 6) is 0.527. The van der Waals surface area contributed by atoms with Crippen LogP contribution in [0, 0.1) is 13.8 Å². The van der Waals surface area contributed by atoms with Crippen molar-refractivity contribution >= 4 is 34.3 Å². The number of para-hydroxylation sites is 5. The highest BCUT2D eigenvalue weighted by Crippen LogP contribution is 2.32.